The van der Waals surface area contributed by atoms with Crippen molar-refractivity contribution in [3.63, 3.8) is 0 Å². The minimum atomic E-state index is -0.539. The summed E-state index contributed by atoms with van der Waals surface area (Å²) >= 11 is 0. The lowest BCUT2D eigenvalue weighted by Crippen LogP contribution is -2.30. The van der Waals surface area contributed by atoms with Gasteiger partial charge in [-0.2, -0.15) is 4.98 Å². The molecular formula is C18H29N5O3. The Balaban J connectivity index is 1.66. The Morgan fingerprint density at radius 1 is 1.23 bits per heavy atom. The van der Waals surface area contributed by atoms with Gasteiger partial charge >= 0.3 is 0 Å². The van der Waals surface area contributed by atoms with Crippen molar-refractivity contribution in [1.82, 2.24) is 9.97 Å². The van der Waals surface area contributed by atoms with Gasteiger partial charge < -0.3 is 26.2 Å². The molecule has 8 nitrogen and oxygen atoms in total. The molecule has 2 aliphatic rings. The summed E-state index contributed by atoms with van der Waals surface area (Å²) in [5.74, 6) is 1.02. The molecule has 2 atom stereocenters. The Kier molecular flexibility index (Phi) is 6.26. The Morgan fingerprint density at radius 3 is 2.58 bits per heavy atom. The van der Waals surface area contributed by atoms with E-state index in [1.165, 1.54) is 6.20 Å². The maximum absolute atomic E-state index is 11.7. The minimum absolute atomic E-state index is 0.154. The van der Waals surface area contributed by atoms with Crippen LogP contribution < -0.4 is 16.4 Å². The lowest BCUT2D eigenvalue weighted by molar-refractivity contribution is 0.100. The number of carbonyl (C=O) groups is 1. The van der Waals surface area contributed by atoms with Gasteiger partial charge in [0.05, 0.1) is 11.7 Å². The number of aliphatic hydroxyl groups is 1. The molecule has 1 aromatic heterocycles. The van der Waals surface area contributed by atoms with E-state index in [0.717, 1.165) is 45.1 Å². The van der Waals surface area contributed by atoms with E-state index in [0.29, 0.717) is 29.7 Å². The zero-order valence-corrected chi connectivity index (χ0v) is 15.3. The highest BCUT2D eigenvalue weighted by atomic mass is 16.5. The summed E-state index contributed by atoms with van der Waals surface area (Å²) in [7, 11) is 1.74. The van der Waals surface area contributed by atoms with Gasteiger partial charge in [0.15, 0.2) is 0 Å². The van der Waals surface area contributed by atoms with Crippen LogP contribution in [-0.4, -0.2) is 52.9 Å². The number of nitrogens with zero attached hydrogens (tertiary/aromatic N) is 2. The molecule has 0 radical (unpaired) electrons. The molecule has 2 saturated carbocycles. The quantitative estimate of drug-likeness (QED) is 0.579. The van der Waals surface area contributed by atoms with Gasteiger partial charge in [-0.15, -0.1) is 0 Å². The summed E-state index contributed by atoms with van der Waals surface area (Å²) in [4.78, 5) is 20.4. The average molecular weight is 363 g/mol. The fourth-order valence-electron chi connectivity index (χ4n) is 3.92. The molecule has 0 aliphatic heterocycles. The van der Waals surface area contributed by atoms with Crippen LogP contribution in [0, 0.1) is 5.92 Å². The Labute approximate surface area is 153 Å². The predicted octanol–water partition coefficient (Wildman–Crippen LogP) is 1.52. The van der Waals surface area contributed by atoms with E-state index in [1.807, 2.05) is 0 Å². The van der Waals surface area contributed by atoms with Crippen molar-refractivity contribution in [2.45, 2.75) is 63.1 Å². The van der Waals surface area contributed by atoms with Crippen LogP contribution in [0.4, 0.5) is 11.8 Å². The molecular weight excluding hydrogens is 334 g/mol. The number of nitrogens with one attached hydrogen (secondary N) is 2. The van der Waals surface area contributed by atoms with Crippen LogP contribution in [0.5, 0.6) is 0 Å². The normalized spacial score (nSPS) is 28.7. The van der Waals surface area contributed by atoms with Crippen LogP contribution in [0.25, 0.3) is 0 Å². The zero-order chi connectivity index (χ0) is 18.5. The topological polar surface area (TPSA) is 122 Å². The van der Waals surface area contributed by atoms with E-state index in [-0.39, 0.29) is 18.2 Å². The maximum Gasteiger partial charge on any atom is 0.254 e. The maximum atomic E-state index is 11.7. The molecule has 26 heavy (non-hydrogen) atoms. The number of ether oxygens (including phenoxy) is 1. The van der Waals surface area contributed by atoms with Crippen molar-refractivity contribution >= 4 is 17.7 Å². The minimum Gasteiger partial charge on any atom is -0.393 e. The number of aliphatic hydroxyl groups excluding tert-OH is 1. The van der Waals surface area contributed by atoms with E-state index < -0.39 is 5.91 Å². The number of nitrogens with two attached hydrogens (primary N) is 1. The number of amides is 1. The van der Waals surface area contributed by atoms with E-state index in [2.05, 4.69) is 20.6 Å². The molecule has 1 heterocycles. The Morgan fingerprint density at radius 2 is 1.96 bits per heavy atom. The Bertz CT molecular complexity index is 619. The average Bonchev–Trinajstić information content (AvgIpc) is 3.02. The van der Waals surface area contributed by atoms with Crippen LogP contribution in [0.3, 0.4) is 0 Å². The second kappa shape index (κ2) is 8.64. The van der Waals surface area contributed by atoms with Gasteiger partial charge in [-0.3, -0.25) is 4.79 Å². The van der Waals surface area contributed by atoms with Gasteiger partial charge in [-0.25, -0.2) is 4.98 Å². The summed E-state index contributed by atoms with van der Waals surface area (Å²) in [6.07, 6.45) is 7.76. The number of hydrogen-bond donors (Lipinski definition) is 4. The van der Waals surface area contributed by atoms with Gasteiger partial charge in [0.2, 0.25) is 5.95 Å². The summed E-state index contributed by atoms with van der Waals surface area (Å²) in [5.41, 5.74) is 5.79. The first-order valence-corrected chi connectivity index (χ1v) is 9.42. The summed E-state index contributed by atoms with van der Waals surface area (Å²) in [5, 5.41) is 16.3. The highest BCUT2D eigenvalue weighted by Crippen LogP contribution is 2.28. The molecule has 0 saturated heterocycles. The van der Waals surface area contributed by atoms with Crippen molar-refractivity contribution in [2.75, 3.05) is 24.4 Å². The van der Waals surface area contributed by atoms with Crippen molar-refractivity contribution < 1.29 is 14.6 Å². The second-order valence-electron chi connectivity index (χ2n) is 7.45. The van der Waals surface area contributed by atoms with E-state index in [4.69, 9.17) is 10.5 Å². The largest absolute Gasteiger partial charge is 0.393 e. The smallest absolute Gasteiger partial charge is 0.254 e. The van der Waals surface area contributed by atoms with Crippen molar-refractivity contribution in [3.8, 4) is 0 Å². The number of anilines is 2. The zero-order valence-electron chi connectivity index (χ0n) is 15.3. The molecule has 8 heteroatoms. The monoisotopic (exact) mass is 363 g/mol. The van der Waals surface area contributed by atoms with Gasteiger partial charge in [0, 0.05) is 32.0 Å². The number of methoxy groups -OCH3 is 1. The second-order valence-corrected chi connectivity index (χ2v) is 7.45. The number of aromatic nitrogens is 2. The first-order valence-electron chi connectivity index (χ1n) is 9.42. The van der Waals surface area contributed by atoms with Crippen molar-refractivity contribution in [1.29, 1.82) is 0 Å². The number of carbonyl (C=O) groups excluding carboxylic acids is 1. The molecule has 1 aromatic rings. The fourth-order valence-corrected chi connectivity index (χ4v) is 3.92. The van der Waals surface area contributed by atoms with Crippen molar-refractivity contribution in [2.24, 2.45) is 11.7 Å². The summed E-state index contributed by atoms with van der Waals surface area (Å²) in [6, 6.07) is 0.416. The van der Waals surface area contributed by atoms with Gasteiger partial charge in [0.1, 0.15) is 5.82 Å². The molecule has 0 unspecified atom stereocenters. The number of hydrogen-bond acceptors (Lipinski definition) is 7. The molecule has 144 valence electrons. The van der Waals surface area contributed by atoms with Crippen LogP contribution in [0.2, 0.25) is 0 Å². The van der Waals surface area contributed by atoms with Crippen LogP contribution in [-0.2, 0) is 4.74 Å². The van der Waals surface area contributed by atoms with E-state index >= 15 is 0 Å². The van der Waals surface area contributed by atoms with Gasteiger partial charge in [0.25, 0.3) is 5.91 Å². The highest BCUT2D eigenvalue weighted by molar-refractivity contribution is 5.97. The molecule has 2 fully saturated rings. The van der Waals surface area contributed by atoms with Gasteiger partial charge in [-0.05, 0) is 50.9 Å². The molecule has 5 N–H and O–H groups in total. The Hall–Kier alpha value is -1.93. The lowest BCUT2D eigenvalue weighted by atomic mass is 9.86. The predicted molar refractivity (Wildman–Crippen MR) is 99.1 cm³/mol. The van der Waals surface area contributed by atoms with Gasteiger partial charge in [-0.1, -0.05) is 0 Å². The summed E-state index contributed by atoms with van der Waals surface area (Å²) in [6.45, 7) is 0.800. The molecule has 2 aliphatic carbocycles. The first kappa shape index (κ1) is 18.8. The van der Waals surface area contributed by atoms with E-state index in [9.17, 15) is 9.90 Å². The van der Waals surface area contributed by atoms with Crippen LogP contribution in [0.1, 0.15) is 55.3 Å². The molecule has 1 amide bonds. The fraction of sp³-hybridized carbons (Fsp3) is 0.722. The lowest BCUT2D eigenvalue weighted by Gasteiger charge is -2.29. The molecule has 3 rings (SSSR count). The number of rotatable bonds is 7. The third-order valence-corrected chi connectivity index (χ3v) is 5.38. The third kappa shape index (κ3) is 4.82. The summed E-state index contributed by atoms with van der Waals surface area (Å²) < 4.78 is 5.24. The number of primary amides is 1. The standard InChI is InChI=1S/C18H29N5O3/c1-26-10-11-2-4-12(5-3-11)21-17-15(16(19)25)9-20-18(23-17)22-13-6-7-14(24)8-13/h9,11-14,24H,2-8,10H2,1H3,(H2,19,25)(H2,20,21,22,23)/t11?,12?,13-,14+/m1/s1. The van der Waals surface area contributed by atoms with Crippen LogP contribution >= 0.6 is 0 Å². The first-order chi connectivity index (χ1) is 12.5. The van der Waals surface area contributed by atoms with Crippen molar-refractivity contribution in [3.05, 3.63) is 11.8 Å². The third-order valence-electron chi connectivity index (χ3n) is 5.38. The molecule has 0 aromatic carbocycles. The van der Waals surface area contributed by atoms with Crippen LogP contribution in [0.15, 0.2) is 6.20 Å². The molecule has 0 spiro atoms. The highest BCUT2D eigenvalue weighted by Gasteiger charge is 2.25. The molecule has 0 bridgehead atoms. The van der Waals surface area contributed by atoms with E-state index in [1.54, 1.807) is 7.11 Å². The SMILES string of the molecule is COCC1CCC(Nc2nc(N[C@@H]3CC[C@H](O)C3)ncc2C(N)=O)CC1.